The van der Waals surface area contributed by atoms with Gasteiger partial charge in [0.15, 0.2) is 17.3 Å². The number of rotatable bonds is 11. The van der Waals surface area contributed by atoms with Crippen molar-refractivity contribution in [1.29, 1.82) is 0 Å². The van der Waals surface area contributed by atoms with Crippen LogP contribution in [-0.4, -0.2) is 45.9 Å². The third kappa shape index (κ3) is 7.98. The molecular formula is C35H33N3O5. The van der Waals surface area contributed by atoms with Crippen LogP contribution in [0.25, 0.3) is 12.2 Å². The van der Waals surface area contributed by atoms with Crippen molar-refractivity contribution in [2.45, 2.75) is 0 Å². The zero-order chi connectivity index (χ0) is 30.8. The summed E-state index contributed by atoms with van der Waals surface area (Å²) in [5.74, 6) is -0.295. The van der Waals surface area contributed by atoms with Crippen LogP contribution in [0.4, 0.5) is 11.4 Å². The summed E-state index contributed by atoms with van der Waals surface area (Å²) >= 11 is 0. The Bertz CT molecular complexity index is 1640. The average molecular weight is 576 g/mol. The first kappa shape index (κ1) is 30.3. The predicted molar refractivity (Wildman–Crippen MR) is 171 cm³/mol. The van der Waals surface area contributed by atoms with Crippen LogP contribution >= 0.6 is 0 Å². The number of ketones is 1. The highest BCUT2D eigenvalue weighted by molar-refractivity contribution is 6.11. The molecule has 0 aliphatic rings. The maximum Gasteiger partial charge on any atom is 0.272 e. The lowest BCUT2D eigenvalue weighted by Crippen LogP contribution is -2.30. The number of nitrogens with zero attached hydrogens (tertiary/aromatic N) is 1. The quantitative estimate of drug-likeness (QED) is 0.166. The Kier molecular flexibility index (Phi) is 10.1. The summed E-state index contributed by atoms with van der Waals surface area (Å²) in [4.78, 5) is 41.2. The Morgan fingerprint density at radius 1 is 0.744 bits per heavy atom. The van der Waals surface area contributed by atoms with Gasteiger partial charge in [0.25, 0.3) is 11.8 Å². The molecular weight excluding hydrogens is 542 g/mol. The van der Waals surface area contributed by atoms with Crippen molar-refractivity contribution >= 4 is 41.1 Å². The molecule has 0 radical (unpaired) electrons. The molecule has 43 heavy (non-hydrogen) atoms. The molecule has 8 heteroatoms. The fourth-order valence-electron chi connectivity index (χ4n) is 4.19. The second-order valence-corrected chi connectivity index (χ2v) is 9.68. The summed E-state index contributed by atoms with van der Waals surface area (Å²) < 4.78 is 10.9. The molecule has 0 aliphatic carbocycles. The predicted octanol–water partition coefficient (Wildman–Crippen LogP) is 6.08. The highest BCUT2D eigenvalue weighted by atomic mass is 16.5. The lowest BCUT2D eigenvalue weighted by Gasteiger charge is -2.14. The highest BCUT2D eigenvalue weighted by Crippen LogP contribution is 2.32. The fraction of sp³-hybridized carbons (Fsp3) is 0.114. The Hall–Kier alpha value is -5.63. The second-order valence-electron chi connectivity index (χ2n) is 9.68. The van der Waals surface area contributed by atoms with Crippen LogP contribution in [0.15, 0.2) is 109 Å². The van der Waals surface area contributed by atoms with Crippen molar-refractivity contribution in [2.75, 3.05) is 38.5 Å². The van der Waals surface area contributed by atoms with Gasteiger partial charge in [0.2, 0.25) is 0 Å². The Morgan fingerprint density at radius 3 is 2.07 bits per heavy atom. The van der Waals surface area contributed by atoms with Gasteiger partial charge in [-0.2, -0.15) is 0 Å². The van der Waals surface area contributed by atoms with E-state index in [1.165, 1.54) is 26.4 Å². The van der Waals surface area contributed by atoms with E-state index < -0.39 is 11.8 Å². The van der Waals surface area contributed by atoms with Gasteiger partial charge in [-0.05, 0) is 72.3 Å². The number of allylic oxidation sites excluding steroid dienone is 1. The molecule has 4 rings (SSSR count). The van der Waals surface area contributed by atoms with Crippen molar-refractivity contribution in [1.82, 2.24) is 5.32 Å². The van der Waals surface area contributed by atoms with Crippen molar-refractivity contribution in [3.8, 4) is 11.5 Å². The molecule has 0 atom stereocenters. The Labute approximate surface area is 251 Å². The van der Waals surface area contributed by atoms with E-state index in [0.717, 1.165) is 11.3 Å². The monoisotopic (exact) mass is 575 g/mol. The van der Waals surface area contributed by atoms with Gasteiger partial charge in [-0.3, -0.25) is 14.4 Å². The lowest BCUT2D eigenvalue weighted by atomic mass is 10.1. The molecule has 0 saturated carbocycles. The van der Waals surface area contributed by atoms with E-state index in [4.69, 9.17) is 9.47 Å². The largest absolute Gasteiger partial charge is 0.493 e. The molecule has 4 aromatic rings. The summed E-state index contributed by atoms with van der Waals surface area (Å²) in [6.07, 6.45) is 4.79. The van der Waals surface area contributed by atoms with E-state index in [1.54, 1.807) is 78.9 Å². The first-order valence-electron chi connectivity index (χ1n) is 13.5. The Balaban J connectivity index is 1.53. The van der Waals surface area contributed by atoms with Crippen molar-refractivity contribution in [2.24, 2.45) is 0 Å². The number of ether oxygens (including phenoxy) is 2. The number of methoxy groups -OCH3 is 2. The van der Waals surface area contributed by atoms with Crippen LogP contribution in [0.2, 0.25) is 0 Å². The topological polar surface area (TPSA) is 97.0 Å². The lowest BCUT2D eigenvalue weighted by molar-refractivity contribution is -0.113. The number of hydrogen-bond acceptors (Lipinski definition) is 6. The smallest absolute Gasteiger partial charge is 0.272 e. The van der Waals surface area contributed by atoms with E-state index in [1.807, 2.05) is 43.3 Å². The number of carbonyl (C=O) groups is 3. The molecule has 2 N–H and O–H groups in total. The van der Waals surface area contributed by atoms with Crippen LogP contribution in [0, 0.1) is 0 Å². The van der Waals surface area contributed by atoms with E-state index in [9.17, 15) is 14.4 Å². The number of benzene rings is 4. The minimum absolute atomic E-state index is 0.0104. The van der Waals surface area contributed by atoms with E-state index in [0.29, 0.717) is 33.9 Å². The average Bonchev–Trinajstić information content (AvgIpc) is 3.03. The fourth-order valence-corrected chi connectivity index (χ4v) is 4.19. The van der Waals surface area contributed by atoms with E-state index in [-0.39, 0.29) is 11.5 Å². The molecule has 218 valence electrons. The number of carbonyl (C=O) groups excluding carboxylic acids is 3. The van der Waals surface area contributed by atoms with Crippen LogP contribution < -0.4 is 25.0 Å². The molecule has 4 aromatic carbocycles. The Morgan fingerprint density at radius 2 is 1.44 bits per heavy atom. The van der Waals surface area contributed by atoms with Gasteiger partial charge in [0.1, 0.15) is 5.70 Å². The zero-order valence-electron chi connectivity index (χ0n) is 24.5. The van der Waals surface area contributed by atoms with Gasteiger partial charge in [-0.25, -0.2) is 0 Å². The van der Waals surface area contributed by atoms with Crippen molar-refractivity contribution < 1.29 is 23.9 Å². The molecule has 0 saturated heterocycles. The second kappa shape index (κ2) is 14.3. The van der Waals surface area contributed by atoms with E-state index >= 15 is 0 Å². The molecule has 0 bridgehead atoms. The van der Waals surface area contributed by atoms with Gasteiger partial charge in [-0.15, -0.1) is 0 Å². The number of anilines is 2. The maximum atomic E-state index is 13.4. The van der Waals surface area contributed by atoms with Gasteiger partial charge in [0.05, 0.1) is 14.2 Å². The molecule has 0 fully saturated rings. The van der Waals surface area contributed by atoms with Crippen LogP contribution in [0.3, 0.4) is 0 Å². The van der Waals surface area contributed by atoms with Gasteiger partial charge >= 0.3 is 0 Å². The maximum absolute atomic E-state index is 13.4. The first-order chi connectivity index (χ1) is 20.8. The number of amides is 2. The van der Waals surface area contributed by atoms with Gasteiger partial charge in [-0.1, -0.05) is 48.5 Å². The number of hydrogen-bond donors (Lipinski definition) is 2. The summed E-state index contributed by atoms with van der Waals surface area (Å²) in [6.45, 7) is 0. The molecule has 0 unspecified atom stereocenters. The third-order valence-corrected chi connectivity index (χ3v) is 6.53. The highest BCUT2D eigenvalue weighted by Gasteiger charge is 2.17. The van der Waals surface area contributed by atoms with Crippen LogP contribution in [-0.2, 0) is 4.79 Å². The molecule has 0 heterocycles. The van der Waals surface area contributed by atoms with Crippen LogP contribution in [0.5, 0.6) is 11.5 Å². The molecule has 0 aliphatic heterocycles. The summed E-state index contributed by atoms with van der Waals surface area (Å²) in [7, 11) is 6.95. The van der Waals surface area contributed by atoms with Crippen LogP contribution in [0.1, 0.15) is 31.8 Å². The number of para-hydroxylation sites is 1. The molecule has 0 spiro atoms. The zero-order valence-corrected chi connectivity index (χ0v) is 24.5. The standard InChI is InChI=1S/C35H33N3O5/c1-38(2)29-20-13-24(14-21-29)15-22-31(39)25-16-18-28(19-17-25)36-35(41)30(37-34(40)26-9-6-5-7-10-26)23-27-11-8-12-32(42-3)33(27)43-4/h5-23H,1-4H3,(H,36,41)(H,37,40)/b22-15+,30-23-. The first-order valence-corrected chi connectivity index (χ1v) is 13.5. The molecule has 8 nitrogen and oxygen atoms in total. The van der Waals surface area contributed by atoms with Crippen molar-refractivity contribution in [3.05, 3.63) is 131 Å². The van der Waals surface area contributed by atoms with E-state index in [2.05, 4.69) is 10.6 Å². The molecule has 0 aromatic heterocycles. The van der Waals surface area contributed by atoms with Crippen molar-refractivity contribution in [3.63, 3.8) is 0 Å². The minimum Gasteiger partial charge on any atom is -0.493 e. The normalized spacial score (nSPS) is 11.1. The summed E-state index contributed by atoms with van der Waals surface area (Å²) in [5, 5.41) is 5.51. The van der Waals surface area contributed by atoms with Gasteiger partial charge in [0, 0.05) is 42.2 Å². The molecule has 2 amide bonds. The minimum atomic E-state index is -0.561. The van der Waals surface area contributed by atoms with Gasteiger partial charge < -0.3 is 25.0 Å². The third-order valence-electron chi connectivity index (χ3n) is 6.53. The SMILES string of the molecule is COc1cccc(/C=C(\NC(=O)c2ccccc2)C(=O)Nc2ccc(C(=O)/C=C/c3ccc(N(C)C)cc3)cc2)c1OC. The summed E-state index contributed by atoms with van der Waals surface area (Å²) in [6, 6.07) is 28.2. The summed E-state index contributed by atoms with van der Waals surface area (Å²) in [5.41, 5.74) is 3.81. The number of nitrogens with one attached hydrogen (secondary N) is 2.